The van der Waals surface area contributed by atoms with Crippen molar-refractivity contribution in [1.29, 1.82) is 0 Å². The Morgan fingerprint density at radius 3 is 2.33 bits per heavy atom. The number of carbonyl (C=O) groups excluding carboxylic acids is 1. The summed E-state index contributed by atoms with van der Waals surface area (Å²) in [4.78, 5) is 9.65. The van der Waals surface area contributed by atoms with Crippen LogP contribution in [0.2, 0.25) is 0 Å². The molecule has 0 spiro atoms. The van der Waals surface area contributed by atoms with Gasteiger partial charge in [0.15, 0.2) is 6.29 Å². The van der Waals surface area contributed by atoms with Gasteiger partial charge >= 0.3 is 0 Å². The van der Waals surface area contributed by atoms with Crippen molar-refractivity contribution in [3.63, 3.8) is 0 Å². The highest BCUT2D eigenvalue weighted by atomic mass is 16.6. The SMILES string of the molecule is C[C@H]1O[C@H]1C=O. The predicted molar refractivity (Wildman–Crippen MR) is 20.4 cm³/mol. The van der Waals surface area contributed by atoms with E-state index in [0.717, 1.165) is 6.29 Å². The smallest absolute Gasteiger partial charge is 0.151 e. The second kappa shape index (κ2) is 1.05. The largest absolute Gasteiger partial charge is 0.362 e. The van der Waals surface area contributed by atoms with Crippen LogP contribution in [0, 0.1) is 0 Å². The summed E-state index contributed by atoms with van der Waals surface area (Å²) in [6, 6.07) is 0. The molecule has 0 unspecified atom stereocenters. The maximum absolute atomic E-state index is 9.65. The second-order valence-corrected chi connectivity index (χ2v) is 1.44. The van der Waals surface area contributed by atoms with Gasteiger partial charge < -0.3 is 9.53 Å². The Morgan fingerprint density at radius 2 is 2.33 bits per heavy atom. The molecule has 0 radical (unpaired) electrons. The van der Waals surface area contributed by atoms with Crippen molar-refractivity contribution in [1.82, 2.24) is 0 Å². The van der Waals surface area contributed by atoms with Crippen molar-refractivity contribution < 1.29 is 9.53 Å². The average Bonchev–Trinajstić information content (AvgIpc) is 2.19. The predicted octanol–water partition coefficient (Wildman–Crippen LogP) is -0.0274. The zero-order valence-electron chi connectivity index (χ0n) is 3.55. The Bertz CT molecular complexity index is 69.9. The maximum Gasteiger partial charge on any atom is 0.151 e. The zero-order chi connectivity index (χ0) is 4.57. The highest BCUT2D eigenvalue weighted by Gasteiger charge is 2.33. The van der Waals surface area contributed by atoms with Crippen molar-refractivity contribution in [2.45, 2.75) is 19.1 Å². The minimum Gasteiger partial charge on any atom is -0.362 e. The van der Waals surface area contributed by atoms with E-state index in [1.807, 2.05) is 6.92 Å². The molecule has 0 bridgehead atoms. The van der Waals surface area contributed by atoms with Crippen LogP contribution in [-0.2, 0) is 9.53 Å². The van der Waals surface area contributed by atoms with E-state index in [9.17, 15) is 4.79 Å². The highest BCUT2D eigenvalue weighted by molar-refractivity contribution is 5.60. The van der Waals surface area contributed by atoms with E-state index in [-0.39, 0.29) is 12.2 Å². The minimum atomic E-state index is -0.0787. The molecule has 0 aromatic heterocycles. The van der Waals surface area contributed by atoms with Crippen LogP contribution in [0.3, 0.4) is 0 Å². The summed E-state index contributed by atoms with van der Waals surface area (Å²) in [7, 11) is 0. The van der Waals surface area contributed by atoms with E-state index in [2.05, 4.69) is 0 Å². The third-order valence-electron chi connectivity index (χ3n) is 0.892. The molecule has 0 aliphatic carbocycles. The van der Waals surface area contributed by atoms with E-state index in [0.29, 0.717) is 0 Å². The molecular weight excluding hydrogens is 80.0 g/mol. The van der Waals surface area contributed by atoms with Gasteiger partial charge in [0, 0.05) is 0 Å². The van der Waals surface area contributed by atoms with Crippen LogP contribution in [0.4, 0.5) is 0 Å². The Kier molecular flexibility index (Phi) is 0.665. The first-order chi connectivity index (χ1) is 2.84. The molecule has 2 atom stereocenters. The van der Waals surface area contributed by atoms with Crippen molar-refractivity contribution in [3.8, 4) is 0 Å². The molecule has 0 aromatic carbocycles. The number of hydrogen-bond donors (Lipinski definition) is 0. The molecule has 1 aliphatic heterocycles. The van der Waals surface area contributed by atoms with Crippen molar-refractivity contribution >= 4 is 6.29 Å². The van der Waals surface area contributed by atoms with E-state index in [4.69, 9.17) is 4.74 Å². The third-order valence-corrected chi connectivity index (χ3v) is 0.892. The number of carbonyl (C=O) groups is 1. The van der Waals surface area contributed by atoms with Gasteiger partial charge in [0.1, 0.15) is 6.10 Å². The van der Waals surface area contributed by atoms with Crippen LogP contribution in [0.25, 0.3) is 0 Å². The number of hydrogen-bond acceptors (Lipinski definition) is 2. The van der Waals surface area contributed by atoms with E-state index in [1.165, 1.54) is 0 Å². The standard InChI is InChI=1S/C4H6O2/c1-3-4(2-5)6-3/h2-4H,1H3/t3-,4+/m1/s1. The third kappa shape index (κ3) is 0.431. The second-order valence-electron chi connectivity index (χ2n) is 1.44. The van der Waals surface area contributed by atoms with Crippen LogP contribution in [0.15, 0.2) is 0 Å². The monoisotopic (exact) mass is 86.0 g/mol. The fourth-order valence-corrected chi connectivity index (χ4v) is 0.345. The summed E-state index contributed by atoms with van der Waals surface area (Å²) in [5.41, 5.74) is 0. The van der Waals surface area contributed by atoms with Gasteiger partial charge in [-0.05, 0) is 6.92 Å². The van der Waals surface area contributed by atoms with E-state index in [1.54, 1.807) is 0 Å². The van der Waals surface area contributed by atoms with Crippen LogP contribution in [0.1, 0.15) is 6.92 Å². The summed E-state index contributed by atoms with van der Waals surface area (Å²) in [6.07, 6.45) is 0.942. The average molecular weight is 86.1 g/mol. The minimum absolute atomic E-state index is 0.0787. The summed E-state index contributed by atoms with van der Waals surface area (Å²) in [5.74, 6) is 0. The number of epoxide rings is 1. The van der Waals surface area contributed by atoms with Gasteiger partial charge in [-0.15, -0.1) is 0 Å². The van der Waals surface area contributed by atoms with Crippen LogP contribution in [-0.4, -0.2) is 18.5 Å². The molecule has 1 saturated heterocycles. The molecule has 1 aliphatic rings. The molecule has 1 rings (SSSR count). The molecule has 1 heterocycles. The lowest BCUT2D eigenvalue weighted by Gasteiger charge is -1.58. The van der Waals surface area contributed by atoms with E-state index < -0.39 is 0 Å². The van der Waals surface area contributed by atoms with Gasteiger partial charge in [-0.1, -0.05) is 0 Å². The lowest BCUT2D eigenvalue weighted by molar-refractivity contribution is -0.108. The van der Waals surface area contributed by atoms with Crippen molar-refractivity contribution in [3.05, 3.63) is 0 Å². The van der Waals surface area contributed by atoms with Crippen LogP contribution >= 0.6 is 0 Å². The Balaban J connectivity index is 2.25. The van der Waals surface area contributed by atoms with Gasteiger partial charge in [0.2, 0.25) is 0 Å². The summed E-state index contributed by atoms with van der Waals surface area (Å²) in [6.45, 7) is 1.87. The number of ether oxygens (including phenoxy) is 1. The Morgan fingerprint density at radius 1 is 1.83 bits per heavy atom. The summed E-state index contributed by atoms with van der Waals surface area (Å²) in [5, 5.41) is 0. The van der Waals surface area contributed by atoms with Gasteiger partial charge in [0.05, 0.1) is 6.10 Å². The summed E-state index contributed by atoms with van der Waals surface area (Å²) >= 11 is 0. The molecule has 0 amide bonds. The fourth-order valence-electron chi connectivity index (χ4n) is 0.345. The van der Waals surface area contributed by atoms with Gasteiger partial charge in [-0.25, -0.2) is 0 Å². The van der Waals surface area contributed by atoms with Crippen LogP contribution < -0.4 is 0 Å². The first kappa shape index (κ1) is 3.81. The topological polar surface area (TPSA) is 29.6 Å². The van der Waals surface area contributed by atoms with Crippen molar-refractivity contribution in [2.75, 3.05) is 0 Å². The van der Waals surface area contributed by atoms with Gasteiger partial charge in [-0.3, -0.25) is 0 Å². The highest BCUT2D eigenvalue weighted by Crippen LogP contribution is 2.16. The number of rotatable bonds is 1. The first-order valence-electron chi connectivity index (χ1n) is 1.95. The zero-order valence-corrected chi connectivity index (χ0v) is 3.55. The number of aldehydes is 1. The molecule has 0 saturated carbocycles. The Labute approximate surface area is 36.1 Å². The first-order valence-corrected chi connectivity index (χ1v) is 1.95. The molecule has 2 nitrogen and oxygen atoms in total. The van der Waals surface area contributed by atoms with Gasteiger partial charge in [-0.2, -0.15) is 0 Å². The normalized spacial score (nSPS) is 42.2. The summed E-state index contributed by atoms with van der Waals surface area (Å²) < 4.78 is 4.70. The molecule has 0 aromatic rings. The van der Waals surface area contributed by atoms with Gasteiger partial charge in [0.25, 0.3) is 0 Å². The molecule has 6 heavy (non-hydrogen) atoms. The molecule has 34 valence electrons. The lowest BCUT2D eigenvalue weighted by atomic mass is 10.4. The molecule has 1 fully saturated rings. The van der Waals surface area contributed by atoms with Crippen LogP contribution in [0.5, 0.6) is 0 Å². The van der Waals surface area contributed by atoms with Crippen molar-refractivity contribution in [2.24, 2.45) is 0 Å². The Hall–Kier alpha value is -0.370. The lowest BCUT2D eigenvalue weighted by Crippen LogP contribution is -1.86. The van der Waals surface area contributed by atoms with E-state index >= 15 is 0 Å². The quantitative estimate of drug-likeness (QED) is 0.331. The molecular formula is C4H6O2. The maximum atomic E-state index is 9.65. The molecule has 0 N–H and O–H groups in total. The molecule has 2 heteroatoms. The fraction of sp³-hybridized carbons (Fsp3) is 0.750.